The number of piperidine rings is 1. The molecule has 158 valence electrons. The number of nitrogens with one attached hydrogen (secondary N) is 2. The number of para-hydroxylation sites is 1. The van der Waals surface area contributed by atoms with Crippen molar-refractivity contribution in [3.05, 3.63) is 65.2 Å². The number of hydrogen-bond acceptors (Lipinski definition) is 4. The molecule has 2 aromatic rings. The molecule has 2 N–H and O–H groups in total. The van der Waals surface area contributed by atoms with Crippen molar-refractivity contribution >= 4 is 17.7 Å². The van der Waals surface area contributed by atoms with Gasteiger partial charge in [-0.25, -0.2) is 4.79 Å². The Hall–Kier alpha value is -3.02. The first-order valence-electron chi connectivity index (χ1n) is 10.7. The van der Waals surface area contributed by atoms with Gasteiger partial charge in [0.05, 0.1) is 18.7 Å². The van der Waals surface area contributed by atoms with E-state index in [2.05, 4.69) is 33.7 Å². The number of rotatable bonds is 4. The van der Waals surface area contributed by atoms with Gasteiger partial charge in [0.1, 0.15) is 0 Å². The minimum absolute atomic E-state index is 0.0258. The Balaban J connectivity index is 1.45. The van der Waals surface area contributed by atoms with Crippen LogP contribution in [0.25, 0.3) is 0 Å². The topological polar surface area (TPSA) is 70.7 Å². The largest absolute Gasteiger partial charge is 0.453 e. The highest BCUT2D eigenvalue weighted by atomic mass is 16.5. The minimum Gasteiger partial charge on any atom is -0.453 e. The molecule has 6 heteroatoms. The molecule has 0 bridgehead atoms. The van der Waals surface area contributed by atoms with Crippen molar-refractivity contribution in [1.29, 1.82) is 0 Å². The maximum absolute atomic E-state index is 13.2. The summed E-state index contributed by atoms with van der Waals surface area (Å²) in [5.41, 5.74) is 4.24. The first kappa shape index (κ1) is 20.3. The quantitative estimate of drug-likeness (QED) is 0.808. The SMILES string of the molecule is COC(=O)NC1CCN(c2ccccc2C(=O)N[C@@H]2CCCc3ccccc32)CC1. The zero-order valence-corrected chi connectivity index (χ0v) is 17.4. The molecule has 1 aliphatic heterocycles. The first-order chi connectivity index (χ1) is 14.7. The Morgan fingerprint density at radius 1 is 0.967 bits per heavy atom. The van der Waals surface area contributed by atoms with Crippen LogP contribution in [0, 0.1) is 0 Å². The third-order valence-electron chi connectivity index (χ3n) is 6.17. The van der Waals surface area contributed by atoms with E-state index in [1.54, 1.807) is 0 Å². The number of alkyl carbamates (subject to hydrolysis) is 1. The monoisotopic (exact) mass is 407 g/mol. The summed E-state index contributed by atoms with van der Waals surface area (Å²) in [4.78, 5) is 26.9. The summed E-state index contributed by atoms with van der Waals surface area (Å²) in [5.74, 6) is -0.0258. The van der Waals surface area contributed by atoms with Crippen molar-refractivity contribution in [2.75, 3.05) is 25.1 Å². The van der Waals surface area contributed by atoms with E-state index in [4.69, 9.17) is 4.74 Å². The Labute approximate surface area is 177 Å². The summed E-state index contributed by atoms with van der Waals surface area (Å²) in [7, 11) is 1.38. The zero-order chi connectivity index (χ0) is 20.9. The van der Waals surface area contributed by atoms with Crippen LogP contribution >= 0.6 is 0 Å². The van der Waals surface area contributed by atoms with Gasteiger partial charge in [0, 0.05) is 24.8 Å². The number of anilines is 1. The van der Waals surface area contributed by atoms with Crippen LogP contribution < -0.4 is 15.5 Å². The number of carbonyl (C=O) groups excluding carboxylic acids is 2. The summed E-state index contributed by atoms with van der Waals surface area (Å²) < 4.78 is 4.70. The van der Waals surface area contributed by atoms with Gasteiger partial charge in [0.15, 0.2) is 0 Å². The molecular formula is C24H29N3O3. The van der Waals surface area contributed by atoms with Gasteiger partial charge in [-0.2, -0.15) is 0 Å². The fourth-order valence-corrected chi connectivity index (χ4v) is 4.57. The minimum atomic E-state index is -0.388. The maximum Gasteiger partial charge on any atom is 0.407 e. The highest BCUT2D eigenvalue weighted by Gasteiger charge is 2.26. The molecule has 6 nitrogen and oxygen atoms in total. The second-order valence-corrected chi connectivity index (χ2v) is 8.03. The highest BCUT2D eigenvalue weighted by molar-refractivity contribution is 6.00. The molecule has 30 heavy (non-hydrogen) atoms. The van der Waals surface area contributed by atoms with Crippen LogP contribution in [0.3, 0.4) is 0 Å². The lowest BCUT2D eigenvalue weighted by atomic mass is 9.87. The van der Waals surface area contributed by atoms with Crippen LogP contribution in [-0.2, 0) is 11.2 Å². The van der Waals surface area contributed by atoms with E-state index in [9.17, 15) is 9.59 Å². The van der Waals surface area contributed by atoms with E-state index in [-0.39, 0.29) is 24.1 Å². The molecule has 1 saturated heterocycles. The Bertz CT molecular complexity index is 906. The van der Waals surface area contributed by atoms with Gasteiger partial charge in [-0.05, 0) is 55.4 Å². The van der Waals surface area contributed by atoms with E-state index in [0.717, 1.165) is 50.9 Å². The standard InChI is InChI=1S/C24H29N3O3/c1-30-24(29)25-18-13-15-27(16-14-18)22-12-5-4-10-20(22)23(28)26-21-11-6-8-17-7-2-3-9-19(17)21/h2-5,7,9-10,12,18,21H,6,8,11,13-16H2,1H3,(H,25,29)(H,26,28)/t21-/m1/s1. The van der Waals surface area contributed by atoms with Gasteiger partial charge < -0.3 is 20.3 Å². The molecule has 1 aliphatic carbocycles. The Morgan fingerprint density at radius 3 is 2.50 bits per heavy atom. The lowest BCUT2D eigenvalue weighted by molar-refractivity contribution is 0.0933. The fraction of sp³-hybridized carbons (Fsp3) is 0.417. The highest BCUT2D eigenvalue weighted by Crippen LogP contribution is 2.31. The van der Waals surface area contributed by atoms with Crippen LogP contribution in [0.5, 0.6) is 0 Å². The van der Waals surface area contributed by atoms with Gasteiger partial charge >= 0.3 is 6.09 Å². The molecule has 1 atom stereocenters. The fourth-order valence-electron chi connectivity index (χ4n) is 4.57. The summed E-state index contributed by atoms with van der Waals surface area (Å²) in [6, 6.07) is 16.4. The Kier molecular flexibility index (Phi) is 6.21. The second-order valence-electron chi connectivity index (χ2n) is 8.03. The molecule has 2 aromatic carbocycles. The maximum atomic E-state index is 13.2. The van der Waals surface area contributed by atoms with Crippen LogP contribution in [-0.4, -0.2) is 38.2 Å². The van der Waals surface area contributed by atoms with Gasteiger partial charge in [-0.1, -0.05) is 36.4 Å². The van der Waals surface area contributed by atoms with E-state index in [1.807, 2.05) is 30.3 Å². The molecule has 2 aliphatic rings. The third kappa shape index (κ3) is 4.42. The van der Waals surface area contributed by atoms with Gasteiger partial charge in [-0.3, -0.25) is 4.79 Å². The number of methoxy groups -OCH3 is 1. The van der Waals surface area contributed by atoms with Gasteiger partial charge in [-0.15, -0.1) is 0 Å². The predicted molar refractivity (Wildman–Crippen MR) is 117 cm³/mol. The van der Waals surface area contributed by atoms with Gasteiger partial charge in [0.25, 0.3) is 5.91 Å². The first-order valence-corrected chi connectivity index (χ1v) is 10.7. The lowest BCUT2D eigenvalue weighted by Gasteiger charge is -2.35. The number of aryl methyl sites for hydroxylation is 1. The molecule has 0 radical (unpaired) electrons. The number of benzene rings is 2. The molecule has 0 unspecified atom stereocenters. The van der Waals surface area contributed by atoms with Crippen molar-refractivity contribution in [1.82, 2.24) is 10.6 Å². The number of amides is 2. The predicted octanol–water partition coefficient (Wildman–Crippen LogP) is 3.82. The number of fused-ring (bicyclic) bond motifs is 1. The van der Waals surface area contributed by atoms with Gasteiger partial charge in [0.2, 0.25) is 0 Å². The average molecular weight is 408 g/mol. The number of carbonyl (C=O) groups is 2. The number of ether oxygens (including phenoxy) is 1. The van der Waals surface area contributed by atoms with E-state index >= 15 is 0 Å². The average Bonchev–Trinajstić information content (AvgIpc) is 2.80. The van der Waals surface area contributed by atoms with Crippen molar-refractivity contribution in [2.45, 2.75) is 44.2 Å². The number of hydrogen-bond donors (Lipinski definition) is 2. The lowest BCUT2D eigenvalue weighted by Crippen LogP contribution is -2.45. The summed E-state index contributed by atoms with van der Waals surface area (Å²) >= 11 is 0. The third-order valence-corrected chi connectivity index (χ3v) is 6.17. The van der Waals surface area contributed by atoms with Crippen molar-refractivity contribution in [3.8, 4) is 0 Å². The van der Waals surface area contributed by atoms with E-state index in [1.165, 1.54) is 18.2 Å². The van der Waals surface area contributed by atoms with E-state index < -0.39 is 0 Å². The van der Waals surface area contributed by atoms with Crippen LogP contribution in [0.2, 0.25) is 0 Å². The molecule has 0 spiro atoms. The molecule has 0 saturated carbocycles. The molecule has 4 rings (SSSR count). The normalized spacial score (nSPS) is 19.0. The summed E-state index contributed by atoms with van der Waals surface area (Å²) in [5, 5.41) is 6.15. The number of nitrogens with zero attached hydrogens (tertiary/aromatic N) is 1. The second kappa shape index (κ2) is 9.20. The Morgan fingerprint density at radius 2 is 1.70 bits per heavy atom. The molecular weight excluding hydrogens is 378 g/mol. The van der Waals surface area contributed by atoms with Crippen molar-refractivity contribution < 1.29 is 14.3 Å². The zero-order valence-electron chi connectivity index (χ0n) is 17.4. The van der Waals surface area contributed by atoms with Crippen LogP contribution in [0.4, 0.5) is 10.5 Å². The van der Waals surface area contributed by atoms with Crippen LogP contribution in [0.15, 0.2) is 48.5 Å². The van der Waals surface area contributed by atoms with E-state index in [0.29, 0.717) is 5.56 Å². The molecule has 2 amide bonds. The molecule has 0 aromatic heterocycles. The van der Waals surface area contributed by atoms with Crippen molar-refractivity contribution in [3.63, 3.8) is 0 Å². The molecule has 1 fully saturated rings. The smallest absolute Gasteiger partial charge is 0.407 e. The molecule has 1 heterocycles. The summed E-state index contributed by atoms with van der Waals surface area (Å²) in [6.45, 7) is 1.57. The van der Waals surface area contributed by atoms with Crippen LogP contribution in [0.1, 0.15) is 53.2 Å². The van der Waals surface area contributed by atoms with Crippen molar-refractivity contribution in [2.24, 2.45) is 0 Å². The summed E-state index contributed by atoms with van der Waals surface area (Å²) in [6.07, 6.45) is 4.39.